The Morgan fingerprint density at radius 2 is 1.38 bits per heavy atom. The molecule has 1 N–H and O–H groups in total. The molecule has 0 saturated carbocycles. The Labute approximate surface area is 162 Å². The van der Waals surface area contributed by atoms with Gasteiger partial charge in [0, 0.05) is 18.7 Å². The van der Waals surface area contributed by atoms with E-state index in [2.05, 4.69) is 5.32 Å². The molecule has 2 rings (SSSR count). The Morgan fingerprint density at radius 3 is 1.90 bits per heavy atom. The van der Waals surface area contributed by atoms with Gasteiger partial charge in [-0.05, 0) is 24.6 Å². The van der Waals surface area contributed by atoms with Crippen LogP contribution in [-0.4, -0.2) is 29.8 Å². The normalized spacial score (nSPS) is 10.7. The van der Waals surface area contributed by atoms with Gasteiger partial charge in [-0.3, -0.25) is 9.59 Å². The Balaban J connectivity index is 2.03. The first-order valence-corrected chi connectivity index (χ1v) is 8.44. The second-order valence-corrected chi connectivity index (χ2v) is 6.04. The first kappa shape index (κ1) is 22.3. The van der Waals surface area contributed by atoms with Crippen LogP contribution in [0.3, 0.4) is 0 Å². The molecule has 0 unspecified atom stereocenters. The molecule has 0 atom stereocenters. The maximum atomic E-state index is 13.7. The van der Waals surface area contributed by atoms with Crippen LogP contribution in [0.25, 0.3) is 0 Å². The molecule has 2 aromatic carbocycles. The average Bonchev–Trinajstić information content (AvgIpc) is 2.71. The van der Waals surface area contributed by atoms with Gasteiger partial charge in [0.2, 0.25) is 17.6 Å². The van der Waals surface area contributed by atoms with Gasteiger partial charge in [-0.2, -0.15) is 0 Å². The summed E-state index contributed by atoms with van der Waals surface area (Å²) in [5.41, 5.74) is -0.674. The maximum Gasteiger partial charge on any atom is 0.239 e. The quantitative estimate of drug-likeness (QED) is 0.427. The third kappa shape index (κ3) is 5.27. The molecule has 0 heterocycles. The van der Waals surface area contributed by atoms with Gasteiger partial charge in [-0.25, -0.2) is 26.3 Å². The smallest absolute Gasteiger partial charge is 0.239 e. The molecule has 29 heavy (non-hydrogen) atoms. The van der Waals surface area contributed by atoms with Crippen LogP contribution in [0.2, 0.25) is 0 Å². The summed E-state index contributed by atoms with van der Waals surface area (Å²) in [5.74, 6) is -12.9. The number of carbonyl (C=O) groups excluding carboxylic acids is 2. The van der Waals surface area contributed by atoms with Crippen LogP contribution in [0.4, 0.5) is 26.3 Å². The maximum absolute atomic E-state index is 13.7. The molecule has 0 aliphatic carbocycles. The van der Waals surface area contributed by atoms with Crippen LogP contribution in [0.15, 0.2) is 24.3 Å². The fourth-order valence-electron chi connectivity index (χ4n) is 2.48. The minimum atomic E-state index is -2.32. The molecule has 2 amide bonds. The summed E-state index contributed by atoms with van der Waals surface area (Å²) in [7, 11) is 0. The van der Waals surface area contributed by atoms with Crippen LogP contribution < -0.4 is 5.32 Å². The minimum Gasteiger partial charge on any atom is -0.350 e. The van der Waals surface area contributed by atoms with E-state index in [9.17, 15) is 35.9 Å². The van der Waals surface area contributed by atoms with Gasteiger partial charge in [-0.15, -0.1) is 0 Å². The number of halogens is 6. The van der Waals surface area contributed by atoms with Crippen LogP contribution >= 0.6 is 0 Å². The van der Waals surface area contributed by atoms with Crippen molar-refractivity contribution in [2.75, 3.05) is 13.1 Å². The van der Waals surface area contributed by atoms with Crippen LogP contribution in [0.1, 0.15) is 18.1 Å². The predicted octanol–water partition coefficient (Wildman–Crippen LogP) is 3.23. The van der Waals surface area contributed by atoms with E-state index in [1.807, 2.05) is 0 Å². The third-order valence-electron chi connectivity index (χ3n) is 4.10. The Bertz CT molecular complexity index is 889. The van der Waals surface area contributed by atoms with E-state index in [-0.39, 0.29) is 13.1 Å². The third-order valence-corrected chi connectivity index (χ3v) is 4.10. The molecule has 0 spiro atoms. The molecule has 2 aromatic rings. The van der Waals surface area contributed by atoms with Crippen LogP contribution in [0.5, 0.6) is 0 Å². The van der Waals surface area contributed by atoms with E-state index >= 15 is 0 Å². The molecule has 0 fully saturated rings. The number of benzene rings is 2. The summed E-state index contributed by atoms with van der Waals surface area (Å²) in [6.45, 7) is 0.982. The SMILES string of the molecule is CCN(CC(=O)NCc1ccc(F)cc1)C(=O)Cc1c(F)c(F)c(F)c(F)c1F. The lowest BCUT2D eigenvalue weighted by molar-refractivity contribution is -0.135. The van der Waals surface area contributed by atoms with Gasteiger partial charge in [0.15, 0.2) is 23.3 Å². The lowest BCUT2D eigenvalue weighted by Gasteiger charge is -2.21. The first-order chi connectivity index (χ1) is 13.6. The van der Waals surface area contributed by atoms with Crippen molar-refractivity contribution in [2.24, 2.45) is 0 Å². The number of likely N-dealkylation sites (N-methyl/N-ethyl adjacent to an activating group) is 1. The predicted molar refractivity (Wildman–Crippen MR) is 90.4 cm³/mol. The fraction of sp³-hybridized carbons (Fsp3) is 0.263. The summed E-state index contributed by atoms with van der Waals surface area (Å²) in [4.78, 5) is 25.1. The highest BCUT2D eigenvalue weighted by molar-refractivity contribution is 5.85. The van der Waals surface area contributed by atoms with E-state index in [1.165, 1.54) is 31.2 Å². The zero-order valence-corrected chi connectivity index (χ0v) is 15.2. The van der Waals surface area contributed by atoms with Crippen molar-refractivity contribution < 1.29 is 35.9 Å². The molecule has 0 bridgehead atoms. The second-order valence-electron chi connectivity index (χ2n) is 6.04. The summed E-state index contributed by atoms with van der Waals surface area (Å²) in [5, 5.41) is 2.48. The monoisotopic (exact) mass is 418 g/mol. The number of rotatable bonds is 7. The van der Waals surface area contributed by atoms with Gasteiger partial charge in [0.1, 0.15) is 5.82 Å². The summed E-state index contributed by atoms with van der Waals surface area (Å²) in [6, 6.07) is 5.30. The molecule has 4 nitrogen and oxygen atoms in total. The summed E-state index contributed by atoms with van der Waals surface area (Å²) < 4.78 is 79.9. The van der Waals surface area contributed by atoms with Crippen molar-refractivity contribution >= 4 is 11.8 Å². The standard InChI is InChI=1S/C19H16F6N2O2/c1-2-27(9-13(28)26-8-10-3-5-11(20)6-4-10)14(29)7-12-15(21)17(23)19(25)18(24)16(12)22/h3-6H,2,7-9H2,1H3,(H,26,28). The largest absolute Gasteiger partial charge is 0.350 e. The average molecular weight is 418 g/mol. The molecule has 0 aromatic heterocycles. The Hall–Kier alpha value is -3.04. The van der Waals surface area contributed by atoms with E-state index in [0.717, 1.165) is 4.90 Å². The highest BCUT2D eigenvalue weighted by Crippen LogP contribution is 2.23. The van der Waals surface area contributed by atoms with E-state index in [0.29, 0.717) is 5.56 Å². The second kappa shape index (κ2) is 9.44. The lowest BCUT2D eigenvalue weighted by atomic mass is 10.1. The van der Waals surface area contributed by atoms with Crippen molar-refractivity contribution in [1.82, 2.24) is 10.2 Å². The van der Waals surface area contributed by atoms with E-state index in [1.54, 1.807) is 0 Å². The first-order valence-electron chi connectivity index (χ1n) is 8.44. The highest BCUT2D eigenvalue weighted by Gasteiger charge is 2.28. The van der Waals surface area contributed by atoms with E-state index < -0.39 is 65.2 Å². The molecule has 10 heteroatoms. The Morgan fingerprint density at radius 1 is 0.862 bits per heavy atom. The zero-order valence-electron chi connectivity index (χ0n) is 15.2. The molecule has 0 aliphatic rings. The van der Waals surface area contributed by atoms with Crippen molar-refractivity contribution in [1.29, 1.82) is 0 Å². The number of amides is 2. The van der Waals surface area contributed by atoms with Gasteiger partial charge in [0.25, 0.3) is 0 Å². The minimum absolute atomic E-state index is 0.0435. The molecular weight excluding hydrogens is 402 g/mol. The molecule has 0 aliphatic heterocycles. The number of nitrogens with zero attached hydrogens (tertiary/aromatic N) is 1. The fourth-order valence-corrected chi connectivity index (χ4v) is 2.48. The molecule has 156 valence electrons. The topological polar surface area (TPSA) is 49.4 Å². The highest BCUT2D eigenvalue weighted by atomic mass is 19.2. The zero-order chi connectivity index (χ0) is 21.7. The summed E-state index contributed by atoms with van der Waals surface area (Å²) in [6.07, 6.45) is -1.11. The van der Waals surface area contributed by atoms with Crippen LogP contribution in [0, 0.1) is 34.9 Å². The number of carbonyl (C=O) groups is 2. The summed E-state index contributed by atoms with van der Waals surface area (Å²) >= 11 is 0. The van der Waals surface area contributed by atoms with Crippen molar-refractivity contribution in [3.8, 4) is 0 Å². The Kier molecular flexibility index (Phi) is 7.24. The number of nitrogens with one attached hydrogen (secondary N) is 1. The number of hydrogen-bond donors (Lipinski definition) is 1. The van der Waals surface area contributed by atoms with Crippen LogP contribution in [-0.2, 0) is 22.6 Å². The van der Waals surface area contributed by atoms with Gasteiger partial charge < -0.3 is 10.2 Å². The van der Waals surface area contributed by atoms with Crippen molar-refractivity contribution in [3.05, 3.63) is 70.3 Å². The number of hydrogen-bond acceptors (Lipinski definition) is 2. The van der Waals surface area contributed by atoms with Gasteiger partial charge in [-0.1, -0.05) is 12.1 Å². The van der Waals surface area contributed by atoms with Gasteiger partial charge >= 0.3 is 0 Å². The molecular formula is C19H16F6N2O2. The van der Waals surface area contributed by atoms with E-state index in [4.69, 9.17) is 0 Å². The molecule has 0 radical (unpaired) electrons. The van der Waals surface area contributed by atoms with Gasteiger partial charge in [0.05, 0.1) is 13.0 Å². The van der Waals surface area contributed by atoms with Crippen molar-refractivity contribution in [2.45, 2.75) is 19.9 Å². The van der Waals surface area contributed by atoms with Crippen molar-refractivity contribution in [3.63, 3.8) is 0 Å². The molecule has 0 saturated heterocycles. The lowest BCUT2D eigenvalue weighted by Crippen LogP contribution is -2.41.